The Morgan fingerprint density at radius 1 is 1.03 bits per heavy atom. The number of benzene rings is 2. The lowest BCUT2D eigenvalue weighted by Gasteiger charge is -2.13. The fourth-order valence-electron chi connectivity index (χ4n) is 3.80. The standard InChI is InChI=1S/C24H26N4O4/c1-14(23(29)25-11-10-15-13-26-18-7-5-4-6-16(15)18)27-24(30)20-12-17-19(28-20)8-9-21(31-2)22(17)32-3/h4-9,12-14,26,28H,10-11H2,1-3H3,(H,25,29)(H,27,30). The van der Waals surface area contributed by atoms with E-state index < -0.39 is 6.04 Å². The van der Waals surface area contributed by atoms with E-state index in [1.807, 2.05) is 30.5 Å². The highest BCUT2D eigenvalue weighted by molar-refractivity contribution is 6.02. The number of ether oxygens (including phenoxy) is 2. The molecule has 8 nitrogen and oxygen atoms in total. The van der Waals surface area contributed by atoms with Crippen LogP contribution in [0.4, 0.5) is 0 Å². The van der Waals surface area contributed by atoms with E-state index in [9.17, 15) is 9.59 Å². The summed E-state index contributed by atoms with van der Waals surface area (Å²) in [6.45, 7) is 2.13. The summed E-state index contributed by atoms with van der Waals surface area (Å²) in [5.41, 5.74) is 3.29. The van der Waals surface area contributed by atoms with E-state index in [1.165, 1.54) is 0 Å². The number of hydrogen-bond acceptors (Lipinski definition) is 4. The fraction of sp³-hybridized carbons (Fsp3) is 0.250. The average Bonchev–Trinajstić information content (AvgIpc) is 3.42. The number of aromatic nitrogens is 2. The number of methoxy groups -OCH3 is 2. The van der Waals surface area contributed by atoms with E-state index in [0.717, 1.165) is 27.4 Å². The van der Waals surface area contributed by atoms with Gasteiger partial charge in [0.2, 0.25) is 5.91 Å². The molecule has 4 rings (SSSR count). The molecule has 0 fully saturated rings. The van der Waals surface area contributed by atoms with Gasteiger partial charge >= 0.3 is 0 Å². The third-order valence-electron chi connectivity index (χ3n) is 5.50. The Morgan fingerprint density at radius 2 is 1.84 bits per heavy atom. The lowest BCUT2D eigenvalue weighted by Crippen LogP contribution is -2.45. The number of aromatic amines is 2. The van der Waals surface area contributed by atoms with Gasteiger partial charge in [0.25, 0.3) is 5.91 Å². The minimum absolute atomic E-state index is 0.242. The normalized spacial score (nSPS) is 12.0. The van der Waals surface area contributed by atoms with E-state index in [1.54, 1.807) is 33.3 Å². The molecule has 0 bridgehead atoms. The van der Waals surface area contributed by atoms with Crippen LogP contribution in [-0.4, -0.2) is 48.6 Å². The summed E-state index contributed by atoms with van der Waals surface area (Å²) in [7, 11) is 3.11. The van der Waals surface area contributed by atoms with Crippen LogP contribution in [0.5, 0.6) is 11.5 Å². The molecule has 2 aromatic heterocycles. The second-order valence-corrected chi connectivity index (χ2v) is 7.54. The molecule has 0 aliphatic heterocycles. The zero-order valence-corrected chi connectivity index (χ0v) is 18.2. The molecule has 4 aromatic rings. The summed E-state index contributed by atoms with van der Waals surface area (Å²) in [5.74, 6) is 0.507. The van der Waals surface area contributed by atoms with Crippen LogP contribution in [0, 0.1) is 0 Å². The van der Waals surface area contributed by atoms with Crippen molar-refractivity contribution in [2.75, 3.05) is 20.8 Å². The van der Waals surface area contributed by atoms with Crippen molar-refractivity contribution in [1.29, 1.82) is 0 Å². The summed E-state index contributed by atoms with van der Waals surface area (Å²) in [5, 5.41) is 7.50. The molecular weight excluding hydrogens is 408 g/mol. The maximum Gasteiger partial charge on any atom is 0.268 e. The largest absolute Gasteiger partial charge is 0.493 e. The predicted octanol–water partition coefficient (Wildman–Crippen LogP) is 3.14. The van der Waals surface area contributed by atoms with Crippen LogP contribution in [0.25, 0.3) is 21.8 Å². The van der Waals surface area contributed by atoms with Crippen molar-refractivity contribution in [3.63, 3.8) is 0 Å². The van der Waals surface area contributed by atoms with Crippen molar-refractivity contribution in [3.05, 3.63) is 59.9 Å². The van der Waals surface area contributed by atoms with Gasteiger partial charge in [-0.2, -0.15) is 0 Å². The molecule has 32 heavy (non-hydrogen) atoms. The Bertz CT molecular complexity index is 1270. The first-order valence-electron chi connectivity index (χ1n) is 10.4. The third-order valence-corrected chi connectivity index (χ3v) is 5.50. The SMILES string of the molecule is COc1ccc2[nH]c(C(=O)NC(C)C(=O)NCCc3c[nH]c4ccccc34)cc2c1OC. The molecule has 1 unspecified atom stereocenters. The molecule has 2 heterocycles. The summed E-state index contributed by atoms with van der Waals surface area (Å²) in [6.07, 6.45) is 2.65. The predicted molar refractivity (Wildman–Crippen MR) is 123 cm³/mol. The molecular formula is C24H26N4O4. The Kier molecular flexibility index (Phi) is 6.02. The Balaban J connectivity index is 1.36. The molecule has 2 amide bonds. The molecule has 166 valence electrons. The summed E-state index contributed by atoms with van der Waals surface area (Å²) in [4.78, 5) is 31.5. The van der Waals surface area contributed by atoms with Crippen molar-refractivity contribution in [2.24, 2.45) is 0 Å². The zero-order chi connectivity index (χ0) is 22.7. The zero-order valence-electron chi connectivity index (χ0n) is 18.2. The summed E-state index contributed by atoms with van der Waals surface area (Å²) in [6, 6.07) is 12.6. The van der Waals surface area contributed by atoms with E-state index in [4.69, 9.17) is 9.47 Å². The number of hydrogen-bond donors (Lipinski definition) is 4. The Labute approximate surface area is 185 Å². The number of para-hydroxylation sites is 1. The maximum atomic E-state index is 12.7. The van der Waals surface area contributed by atoms with Crippen molar-refractivity contribution in [3.8, 4) is 11.5 Å². The van der Waals surface area contributed by atoms with Gasteiger partial charge < -0.3 is 30.1 Å². The van der Waals surface area contributed by atoms with Gasteiger partial charge in [-0.3, -0.25) is 9.59 Å². The fourth-order valence-corrected chi connectivity index (χ4v) is 3.80. The van der Waals surface area contributed by atoms with Crippen LogP contribution in [0.3, 0.4) is 0 Å². The van der Waals surface area contributed by atoms with Gasteiger partial charge in [0.1, 0.15) is 11.7 Å². The smallest absolute Gasteiger partial charge is 0.268 e. The first-order chi connectivity index (χ1) is 15.5. The van der Waals surface area contributed by atoms with Gasteiger partial charge in [-0.15, -0.1) is 0 Å². The second-order valence-electron chi connectivity index (χ2n) is 7.54. The highest BCUT2D eigenvalue weighted by Crippen LogP contribution is 2.35. The monoisotopic (exact) mass is 434 g/mol. The van der Waals surface area contributed by atoms with Crippen LogP contribution in [0.2, 0.25) is 0 Å². The van der Waals surface area contributed by atoms with Crippen molar-refractivity contribution >= 4 is 33.6 Å². The number of rotatable bonds is 8. The maximum absolute atomic E-state index is 12.7. The van der Waals surface area contributed by atoms with Crippen LogP contribution in [0.15, 0.2) is 48.7 Å². The number of carbonyl (C=O) groups excluding carboxylic acids is 2. The molecule has 4 N–H and O–H groups in total. The quantitative estimate of drug-likeness (QED) is 0.342. The third kappa shape index (κ3) is 4.12. The highest BCUT2D eigenvalue weighted by Gasteiger charge is 2.19. The van der Waals surface area contributed by atoms with Gasteiger partial charge in [-0.1, -0.05) is 18.2 Å². The molecule has 0 radical (unpaired) electrons. The number of fused-ring (bicyclic) bond motifs is 2. The summed E-state index contributed by atoms with van der Waals surface area (Å²) >= 11 is 0. The van der Waals surface area contributed by atoms with Crippen LogP contribution >= 0.6 is 0 Å². The first-order valence-corrected chi connectivity index (χ1v) is 10.4. The Hall–Kier alpha value is -3.94. The lowest BCUT2D eigenvalue weighted by molar-refractivity contribution is -0.122. The van der Waals surface area contributed by atoms with Crippen LogP contribution in [-0.2, 0) is 11.2 Å². The van der Waals surface area contributed by atoms with Gasteiger partial charge in [0, 0.05) is 29.0 Å². The van der Waals surface area contributed by atoms with Gasteiger partial charge in [-0.05, 0) is 43.2 Å². The van der Waals surface area contributed by atoms with E-state index >= 15 is 0 Å². The molecule has 1 atom stereocenters. The lowest BCUT2D eigenvalue weighted by atomic mass is 10.1. The van der Waals surface area contributed by atoms with Crippen LogP contribution in [0.1, 0.15) is 23.0 Å². The molecule has 0 saturated heterocycles. The average molecular weight is 434 g/mol. The van der Waals surface area contributed by atoms with Crippen molar-refractivity contribution < 1.29 is 19.1 Å². The van der Waals surface area contributed by atoms with Crippen molar-refractivity contribution in [2.45, 2.75) is 19.4 Å². The number of carbonyl (C=O) groups is 2. The molecule has 0 spiro atoms. The van der Waals surface area contributed by atoms with Crippen molar-refractivity contribution in [1.82, 2.24) is 20.6 Å². The van der Waals surface area contributed by atoms with Gasteiger partial charge in [-0.25, -0.2) is 0 Å². The minimum Gasteiger partial charge on any atom is -0.493 e. The molecule has 8 heteroatoms. The van der Waals surface area contributed by atoms with Gasteiger partial charge in [0.05, 0.1) is 19.7 Å². The molecule has 0 aliphatic carbocycles. The topological polar surface area (TPSA) is 108 Å². The van der Waals surface area contributed by atoms with Gasteiger partial charge in [0.15, 0.2) is 11.5 Å². The number of H-pyrrole nitrogens is 2. The minimum atomic E-state index is -0.687. The number of amides is 2. The first kappa shape index (κ1) is 21.3. The molecule has 2 aromatic carbocycles. The molecule has 0 saturated carbocycles. The van der Waals surface area contributed by atoms with Crippen LogP contribution < -0.4 is 20.1 Å². The second kappa shape index (κ2) is 9.05. The van der Waals surface area contributed by atoms with E-state index in [-0.39, 0.29) is 11.8 Å². The molecule has 0 aliphatic rings. The Morgan fingerprint density at radius 3 is 2.62 bits per heavy atom. The van der Waals surface area contributed by atoms with E-state index in [0.29, 0.717) is 30.2 Å². The van der Waals surface area contributed by atoms with E-state index in [2.05, 4.69) is 26.7 Å². The highest BCUT2D eigenvalue weighted by atomic mass is 16.5. The summed E-state index contributed by atoms with van der Waals surface area (Å²) < 4.78 is 10.7. The number of nitrogens with one attached hydrogen (secondary N) is 4.